The van der Waals surface area contributed by atoms with Crippen molar-refractivity contribution in [1.29, 1.82) is 0 Å². The van der Waals surface area contributed by atoms with Crippen molar-refractivity contribution in [2.45, 2.75) is 24.4 Å². The van der Waals surface area contributed by atoms with Crippen molar-refractivity contribution < 1.29 is 8.42 Å². The van der Waals surface area contributed by atoms with E-state index in [9.17, 15) is 8.42 Å². The Balaban J connectivity index is 1.98. The van der Waals surface area contributed by atoms with Crippen LogP contribution in [0.2, 0.25) is 0 Å². The van der Waals surface area contributed by atoms with E-state index in [1.165, 1.54) is 0 Å². The summed E-state index contributed by atoms with van der Waals surface area (Å²) in [6.07, 6.45) is 3.71. The monoisotopic (exact) mass is 304 g/mol. The maximum absolute atomic E-state index is 12.2. The molecule has 1 aliphatic heterocycles. The van der Waals surface area contributed by atoms with E-state index in [4.69, 9.17) is 0 Å². The normalized spacial score (nSPS) is 17.7. The van der Waals surface area contributed by atoms with Gasteiger partial charge in [0.1, 0.15) is 0 Å². The van der Waals surface area contributed by atoms with Crippen LogP contribution in [0.15, 0.2) is 11.2 Å². The number of aromatic nitrogens is 2. The van der Waals surface area contributed by atoms with Crippen LogP contribution >= 0.6 is 11.8 Å². The third-order valence-corrected chi connectivity index (χ3v) is 5.70. The lowest BCUT2D eigenvalue weighted by molar-refractivity contribution is 0.475. The van der Waals surface area contributed by atoms with Gasteiger partial charge in [-0.15, -0.1) is 0 Å². The van der Waals surface area contributed by atoms with Crippen molar-refractivity contribution in [1.82, 2.24) is 20.2 Å². The second kappa shape index (κ2) is 6.74. The highest BCUT2D eigenvalue weighted by molar-refractivity contribution is 7.99. The second-order valence-electron chi connectivity index (χ2n) is 4.66. The van der Waals surface area contributed by atoms with E-state index >= 15 is 0 Å². The summed E-state index contributed by atoms with van der Waals surface area (Å²) in [5.74, 6) is 2.70. The van der Waals surface area contributed by atoms with Gasteiger partial charge in [-0.3, -0.25) is 5.10 Å². The molecule has 0 aliphatic carbocycles. The Bertz CT molecular complexity index is 495. The van der Waals surface area contributed by atoms with Gasteiger partial charge >= 0.3 is 0 Å². The number of nitrogens with zero attached hydrogens (tertiary/aromatic N) is 1. The molecule has 1 aromatic rings. The predicted octanol–water partition coefficient (Wildman–Crippen LogP) is 0.551. The number of H-pyrrole nitrogens is 1. The zero-order valence-electron chi connectivity index (χ0n) is 11.0. The van der Waals surface area contributed by atoms with Gasteiger partial charge in [0.05, 0.1) is 6.20 Å². The molecule has 1 fully saturated rings. The topological polar surface area (TPSA) is 86.9 Å². The van der Waals surface area contributed by atoms with Crippen molar-refractivity contribution in [2.75, 3.05) is 25.1 Å². The fourth-order valence-corrected chi connectivity index (χ4v) is 4.55. The number of nitrogens with one attached hydrogen (secondary N) is 3. The smallest absolute Gasteiger partial charge is 0.257 e. The molecule has 19 heavy (non-hydrogen) atoms. The number of hydrogen-bond acceptors (Lipinski definition) is 5. The number of sulfonamides is 1. The predicted molar refractivity (Wildman–Crippen MR) is 76.6 cm³/mol. The molecule has 1 saturated heterocycles. The Labute approximate surface area is 118 Å². The van der Waals surface area contributed by atoms with Crippen LogP contribution < -0.4 is 10.0 Å². The summed E-state index contributed by atoms with van der Waals surface area (Å²) in [6, 6.07) is 0. The average molecular weight is 304 g/mol. The van der Waals surface area contributed by atoms with Crippen LogP contribution in [0.3, 0.4) is 0 Å². The Kier molecular flexibility index (Phi) is 5.26. The minimum atomic E-state index is -3.48. The molecule has 0 radical (unpaired) electrons. The van der Waals surface area contributed by atoms with Crippen LogP contribution in [-0.2, 0) is 16.6 Å². The first-order chi connectivity index (χ1) is 9.13. The number of rotatable bonds is 6. The summed E-state index contributed by atoms with van der Waals surface area (Å²) in [6.45, 7) is 0.994. The van der Waals surface area contributed by atoms with Gasteiger partial charge in [-0.05, 0) is 37.3 Å². The molecule has 3 N–H and O–H groups in total. The largest absolute Gasteiger partial charge is 0.316 e. The van der Waals surface area contributed by atoms with E-state index in [-0.39, 0.29) is 5.03 Å². The van der Waals surface area contributed by atoms with Gasteiger partial charge in [-0.1, -0.05) is 0 Å². The Morgan fingerprint density at radius 3 is 2.89 bits per heavy atom. The van der Waals surface area contributed by atoms with E-state index in [2.05, 4.69) is 20.2 Å². The first kappa shape index (κ1) is 14.8. The molecule has 0 saturated carbocycles. The van der Waals surface area contributed by atoms with Gasteiger partial charge < -0.3 is 5.32 Å². The average Bonchev–Trinajstić information content (AvgIpc) is 2.87. The molecular weight excluding hydrogens is 284 g/mol. The molecule has 0 bridgehead atoms. The molecule has 2 heterocycles. The minimum absolute atomic E-state index is 0.173. The van der Waals surface area contributed by atoms with Crippen molar-refractivity contribution in [2.24, 2.45) is 5.92 Å². The zero-order valence-corrected chi connectivity index (χ0v) is 12.6. The van der Waals surface area contributed by atoms with Gasteiger partial charge in [0.15, 0.2) is 5.03 Å². The number of hydrogen-bond donors (Lipinski definition) is 3. The highest BCUT2D eigenvalue weighted by atomic mass is 32.2. The van der Waals surface area contributed by atoms with Gasteiger partial charge in [0.2, 0.25) is 0 Å². The van der Waals surface area contributed by atoms with Crippen LogP contribution in [0.5, 0.6) is 0 Å². The molecule has 6 nitrogen and oxygen atoms in total. The fourth-order valence-electron chi connectivity index (χ4n) is 2.10. The molecule has 1 aliphatic rings. The van der Waals surface area contributed by atoms with Crippen molar-refractivity contribution in [3.8, 4) is 0 Å². The Morgan fingerprint density at radius 1 is 1.47 bits per heavy atom. The van der Waals surface area contributed by atoms with E-state index in [0.717, 1.165) is 24.3 Å². The molecule has 0 amide bonds. The molecule has 0 aromatic carbocycles. The maximum Gasteiger partial charge on any atom is 0.257 e. The van der Waals surface area contributed by atoms with Crippen LogP contribution in [0.1, 0.15) is 18.4 Å². The lowest BCUT2D eigenvalue weighted by atomic mass is 10.0. The van der Waals surface area contributed by atoms with E-state index in [0.29, 0.717) is 24.6 Å². The van der Waals surface area contributed by atoms with Crippen LogP contribution in [0.4, 0.5) is 0 Å². The molecule has 8 heteroatoms. The molecule has 0 unspecified atom stereocenters. The van der Waals surface area contributed by atoms with Gasteiger partial charge in [0.25, 0.3) is 10.0 Å². The van der Waals surface area contributed by atoms with Crippen LogP contribution in [0.25, 0.3) is 0 Å². The summed E-state index contributed by atoms with van der Waals surface area (Å²) in [5, 5.41) is 9.49. The summed E-state index contributed by atoms with van der Waals surface area (Å²) in [7, 11) is -1.71. The molecule has 0 atom stereocenters. The SMILES string of the molecule is CNCc1cn[nH]c1S(=O)(=O)NCC1CCSCC1. The second-order valence-corrected chi connectivity index (χ2v) is 7.59. The summed E-state index contributed by atoms with van der Waals surface area (Å²) >= 11 is 1.94. The number of aromatic amines is 1. The first-order valence-electron chi connectivity index (χ1n) is 6.37. The summed E-state index contributed by atoms with van der Waals surface area (Å²) in [5.41, 5.74) is 0.661. The summed E-state index contributed by atoms with van der Waals surface area (Å²) in [4.78, 5) is 0. The molecular formula is C11H20N4O2S2. The lowest BCUT2D eigenvalue weighted by Gasteiger charge is -2.21. The Morgan fingerprint density at radius 2 is 2.21 bits per heavy atom. The first-order valence-corrected chi connectivity index (χ1v) is 9.01. The highest BCUT2D eigenvalue weighted by Gasteiger charge is 2.22. The summed E-state index contributed by atoms with van der Waals surface area (Å²) < 4.78 is 27.1. The van der Waals surface area contributed by atoms with E-state index in [1.54, 1.807) is 13.2 Å². The van der Waals surface area contributed by atoms with Gasteiger partial charge in [-0.2, -0.15) is 16.9 Å². The van der Waals surface area contributed by atoms with Crippen LogP contribution in [-0.4, -0.2) is 43.7 Å². The van der Waals surface area contributed by atoms with Crippen LogP contribution in [0, 0.1) is 5.92 Å². The highest BCUT2D eigenvalue weighted by Crippen LogP contribution is 2.22. The maximum atomic E-state index is 12.2. The van der Waals surface area contributed by atoms with Crippen molar-refractivity contribution in [3.63, 3.8) is 0 Å². The van der Waals surface area contributed by atoms with Gasteiger partial charge in [-0.25, -0.2) is 13.1 Å². The molecule has 108 valence electrons. The third-order valence-electron chi connectivity index (χ3n) is 3.22. The standard InChI is InChI=1S/C11H20N4O2S2/c1-12-7-10-8-13-15-11(10)19(16,17)14-6-9-2-4-18-5-3-9/h8-9,12,14H,2-7H2,1H3,(H,13,15). The Hall–Kier alpha value is -0.570. The molecule has 1 aromatic heterocycles. The number of thioether (sulfide) groups is 1. The quantitative estimate of drug-likeness (QED) is 0.714. The zero-order chi connectivity index (χ0) is 13.7. The van der Waals surface area contributed by atoms with E-state index < -0.39 is 10.0 Å². The van der Waals surface area contributed by atoms with E-state index in [1.807, 2.05) is 11.8 Å². The minimum Gasteiger partial charge on any atom is -0.316 e. The van der Waals surface area contributed by atoms with Gasteiger partial charge in [0, 0.05) is 18.7 Å². The fraction of sp³-hybridized carbons (Fsp3) is 0.727. The lowest BCUT2D eigenvalue weighted by Crippen LogP contribution is -2.32. The molecule has 2 rings (SSSR count). The third kappa shape index (κ3) is 3.95. The molecule has 0 spiro atoms. The van der Waals surface area contributed by atoms with Crippen molar-refractivity contribution >= 4 is 21.8 Å². The van der Waals surface area contributed by atoms with Crippen molar-refractivity contribution in [3.05, 3.63) is 11.8 Å².